The zero-order chi connectivity index (χ0) is 19.2. The molecule has 4 nitrogen and oxygen atoms in total. The summed E-state index contributed by atoms with van der Waals surface area (Å²) in [6.07, 6.45) is 1.63. The van der Waals surface area contributed by atoms with E-state index in [4.69, 9.17) is 4.74 Å². The monoisotopic (exact) mass is 366 g/mol. The Labute approximate surface area is 162 Å². The first-order chi connectivity index (χ1) is 13.1. The van der Waals surface area contributed by atoms with Gasteiger partial charge in [0.05, 0.1) is 13.2 Å². The van der Waals surface area contributed by atoms with Crippen molar-refractivity contribution < 1.29 is 9.53 Å². The lowest BCUT2D eigenvalue weighted by molar-refractivity contribution is 0.0916. The Hall–Kier alpha value is -2.33. The van der Waals surface area contributed by atoms with Gasteiger partial charge in [-0.05, 0) is 36.6 Å². The van der Waals surface area contributed by atoms with Crippen molar-refractivity contribution in [3.8, 4) is 0 Å². The minimum Gasteiger partial charge on any atom is -0.378 e. The Morgan fingerprint density at radius 2 is 1.81 bits per heavy atom. The zero-order valence-corrected chi connectivity index (χ0v) is 16.6. The number of nitrogens with zero attached hydrogens (tertiary/aromatic N) is 2. The van der Waals surface area contributed by atoms with E-state index in [2.05, 4.69) is 36.1 Å². The molecule has 3 rings (SSSR count). The average molecular weight is 367 g/mol. The van der Waals surface area contributed by atoms with Crippen LogP contribution < -0.4 is 9.80 Å². The number of hydrogen-bond acceptors (Lipinski definition) is 4. The summed E-state index contributed by atoms with van der Waals surface area (Å²) < 4.78 is 5.46. The van der Waals surface area contributed by atoms with Crippen molar-refractivity contribution in [2.75, 3.05) is 50.2 Å². The van der Waals surface area contributed by atoms with Crippen LogP contribution in [0.2, 0.25) is 0 Å². The Balaban J connectivity index is 1.85. The van der Waals surface area contributed by atoms with Crippen molar-refractivity contribution in [3.63, 3.8) is 0 Å². The fourth-order valence-corrected chi connectivity index (χ4v) is 3.66. The number of benzene rings is 2. The summed E-state index contributed by atoms with van der Waals surface area (Å²) in [6.45, 7) is 5.40. The quantitative estimate of drug-likeness (QED) is 0.693. The van der Waals surface area contributed by atoms with E-state index in [9.17, 15) is 4.79 Å². The number of hydrogen-bond donors (Lipinski definition) is 0. The molecule has 144 valence electrons. The molecule has 0 saturated carbocycles. The summed E-state index contributed by atoms with van der Waals surface area (Å²) in [5.41, 5.74) is 4.19. The third-order valence-corrected chi connectivity index (χ3v) is 5.29. The highest BCUT2D eigenvalue weighted by molar-refractivity contribution is 6.03. The zero-order valence-electron chi connectivity index (χ0n) is 16.6. The van der Waals surface area contributed by atoms with Gasteiger partial charge < -0.3 is 14.5 Å². The minimum absolute atomic E-state index is 0.000312. The van der Waals surface area contributed by atoms with E-state index >= 15 is 0 Å². The fourth-order valence-electron chi connectivity index (χ4n) is 3.66. The third-order valence-electron chi connectivity index (χ3n) is 5.29. The molecule has 0 spiro atoms. The SMILES string of the molecule is CCC(Cc1ccccc1)C(=O)c1ccc(N2CCOCC2)cc1N(C)C. The predicted octanol–water partition coefficient (Wildman–Crippen LogP) is 4.04. The van der Waals surface area contributed by atoms with Crippen LogP contribution in [-0.4, -0.2) is 46.2 Å². The second-order valence-corrected chi connectivity index (χ2v) is 7.35. The van der Waals surface area contributed by atoms with Crippen molar-refractivity contribution in [1.82, 2.24) is 0 Å². The summed E-state index contributed by atoms with van der Waals surface area (Å²) in [6, 6.07) is 16.5. The Bertz CT molecular complexity index is 752. The number of carbonyl (C=O) groups excluding carboxylic acids is 1. The molecule has 1 unspecified atom stereocenters. The number of ketones is 1. The van der Waals surface area contributed by atoms with Crippen LogP contribution in [0.25, 0.3) is 0 Å². The highest BCUT2D eigenvalue weighted by Gasteiger charge is 2.23. The van der Waals surface area contributed by atoms with E-state index in [1.54, 1.807) is 0 Å². The lowest BCUT2D eigenvalue weighted by atomic mass is 9.88. The van der Waals surface area contributed by atoms with Gasteiger partial charge in [0.25, 0.3) is 0 Å². The van der Waals surface area contributed by atoms with Crippen molar-refractivity contribution in [2.24, 2.45) is 5.92 Å². The smallest absolute Gasteiger partial charge is 0.168 e. The van der Waals surface area contributed by atoms with Gasteiger partial charge >= 0.3 is 0 Å². The van der Waals surface area contributed by atoms with Crippen LogP contribution in [0, 0.1) is 5.92 Å². The largest absolute Gasteiger partial charge is 0.378 e. The third kappa shape index (κ3) is 4.69. The van der Waals surface area contributed by atoms with Gasteiger partial charge in [-0.25, -0.2) is 0 Å². The van der Waals surface area contributed by atoms with E-state index in [1.807, 2.05) is 43.3 Å². The average Bonchev–Trinajstić information content (AvgIpc) is 2.72. The molecule has 0 radical (unpaired) electrons. The normalized spacial score (nSPS) is 15.4. The van der Waals surface area contributed by atoms with Gasteiger partial charge in [0.1, 0.15) is 0 Å². The summed E-state index contributed by atoms with van der Waals surface area (Å²) >= 11 is 0. The lowest BCUT2D eigenvalue weighted by Gasteiger charge is -2.30. The molecule has 1 fully saturated rings. The number of anilines is 2. The van der Waals surface area contributed by atoms with E-state index in [0.717, 1.165) is 56.1 Å². The summed E-state index contributed by atoms with van der Waals surface area (Å²) in [7, 11) is 4.01. The topological polar surface area (TPSA) is 32.8 Å². The maximum absolute atomic E-state index is 13.3. The first-order valence-electron chi connectivity index (χ1n) is 9.82. The molecular formula is C23H30N2O2. The van der Waals surface area contributed by atoms with Gasteiger partial charge in [0.2, 0.25) is 0 Å². The first kappa shape index (κ1) is 19.4. The molecule has 1 heterocycles. The summed E-state index contributed by atoms with van der Waals surface area (Å²) in [4.78, 5) is 17.7. The van der Waals surface area contributed by atoms with Crippen molar-refractivity contribution in [2.45, 2.75) is 19.8 Å². The standard InChI is InChI=1S/C23H30N2O2/c1-4-19(16-18-8-6-5-7-9-18)23(26)21-11-10-20(17-22(21)24(2)3)25-12-14-27-15-13-25/h5-11,17,19H,4,12-16H2,1-3H3. The minimum atomic E-state index is 0.000312. The molecule has 2 aromatic rings. The molecule has 4 heteroatoms. The summed E-state index contributed by atoms with van der Waals surface area (Å²) in [5.74, 6) is 0.235. The van der Waals surface area contributed by atoms with Gasteiger partial charge in [-0.3, -0.25) is 4.79 Å². The first-order valence-corrected chi connectivity index (χ1v) is 9.82. The van der Waals surface area contributed by atoms with E-state index in [-0.39, 0.29) is 11.7 Å². The van der Waals surface area contributed by atoms with Crippen molar-refractivity contribution in [1.29, 1.82) is 0 Å². The second-order valence-electron chi connectivity index (χ2n) is 7.35. The number of ether oxygens (including phenoxy) is 1. The highest BCUT2D eigenvalue weighted by atomic mass is 16.5. The van der Waals surface area contributed by atoms with Crippen LogP contribution in [-0.2, 0) is 11.2 Å². The molecule has 0 aromatic heterocycles. The highest BCUT2D eigenvalue weighted by Crippen LogP contribution is 2.30. The fraction of sp³-hybridized carbons (Fsp3) is 0.435. The van der Waals surface area contributed by atoms with Crippen LogP contribution in [0.4, 0.5) is 11.4 Å². The number of Topliss-reactive ketones (excluding diaryl/α,β-unsaturated/α-hetero) is 1. The van der Waals surface area contributed by atoms with Gasteiger partial charge in [-0.15, -0.1) is 0 Å². The predicted molar refractivity (Wildman–Crippen MR) is 112 cm³/mol. The van der Waals surface area contributed by atoms with E-state index in [0.29, 0.717) is 0 Å². The molecule has 0 aliphatic carbocycles. The van der Waals surface area contributed by atoms with Gasteiger partial charge in [-0.1, -0.05) is 37.3 Å². The Kier molecular flexibility index (Phi) is 6.51. The van der Waals surface area contributed by atoms with E-state index in [1.165, 1.54) is 5.56 Å². The molecule has 1 saturated heterocycles. The van der Waals surface area contributed by atoms with E-state index < -0.39 is 0 Å². The lowest BCUT2D eigenvalue weighted by Crippen LogP contribution is -2.36. The molecule has 0 amide bonds. The maximum atomic E-state index is 13.3. The van der Waals surface area contributed by atoms with Gasteiger partial charge in [0, 0.05) is 50.0 Å². The second kappa shape index (κ2) is 9.05. The number of morpholine rings is 1. The molecule has 27 heavy (non-hydrogen) atoms. The van der Waals surface area contributed by atoms with Crippen LogP contribution >= 0.6 is 0 Å². The molecule has 1 atom stereocenters. The molecule has 1 aliphatic rings. The van der Waals surface area contributed by atoms with Crippen LogP contribution in [0.3, 0.4) is 0 Å². The Morgan fingerprint density at radius 3 is 2.44 bits per heavy atom. The van der Waals surface area contributed by atoms with Gasteiger partial charge in [-0.2, -0.15) is 0 Å². The molecular weight excluding hydrogens is 336 g/mol. The van der Waals surface area contributed by atoms with Crippen LogP contribution in [0.1, 0.15) is 29.3 Å². The van der Waals surface area contributed by atoms with Crippen molar-refractivity contribution in [3.05, 3.63) is 59.7 Å². The number of carbonyl (C=O) groups is 1. The maximum Gasteiger partial charge on any atom is 0.168 e. The van der Waals surface area contributed by atoms with Crippen molar-refractivity contribution >= 4 is 17.2 Å². The molecule has 2 aromatic carbocycles. The van der Waals surface area contributed by atoms with Crippen LogP contribution in [0.15, 0.2) is 48.5 Å². The summed E-state index contributed by atoms with van der Waals surface area (Å²) in [5, 5.41) is 0. The number of rotatable bonds is 7. The Morgan fingerprint density at radius 1 is 1.11 bits per heavy atom. The van der Waals surface area contributed by atoms with Crippen LogP contribution in [0.5, 0.6) is 0 Å². The molecule has 0 N–H and O–H groups in total. The molecule has 0 bridgehead atoms. The van der Waals surface area contributed by atoms with Gasteiger partial charge in [0.15, 0.2) is 5.78 Å². The molecule has 1 aliphatic heterocycles.